The summed E-state index contributed by atoms with van der Waals surface area (Å²) >= 11 is 0. The molecule has 0 fully saturated rings. The first-order valence-electron chi connectivity index (χ1n) is 8.92. The largest absolute Gasteiger partial charge is 0.481 e. The summed E-state index contributed by atoms with van der Waals surface area (Å²) in [5, 5.41) is 1.16. The van der Waals surface area contributed by atoms with Crippen LogP contribution >= 0.6 is 0 Å². The van der Waals surface area contributed by atoms with E-state index in [4.69, 9.17) is 4.74 Å². The predicted molar refractivity (Wildman–Crippen MR) is 104 cm³/mol. The van der Waals surface area contributed by atoms with Gasteiger partial charge in [-0.3, -0.25) is 0 Å². The number of rotatable bonds is 6. The van der Waals surface area contributed by atoms with Crippen LogP contribution in [-0.4, -0.2) is 32.0 Å². The first-order valence-corrected chi connectivity index (χ1v) is 8.92. The lowest BCUT2D eigenvalue weighted by molar-refractivity contribution is 0.397. The summed E-state index contributed by atoms with van der Waals surface area (Å²) in [5.74, 6) is 1.47. The number of hydrogen-bond donors (Lipinski definition) is 1. The van der Waals surface area contributed by atoms with Crippen molar-refractivity contribution in [3.63, 3.8) is 0 Å². The van der Waals surface area contributed by atoms with Gasteiger partial charge in [-0.15, -0.1) is 0 Å². The van der Waals surface area contributed by atoms with Crippen molar-refractivity contribution in [1.82, 2.24) is 24.9 Å². The molecule has 0 radical (unpaired) electrons. The van der Waals surface area contributed by atoms with Gasteiger partial charge in [-0.2, -0.15) is 0 Å². The monoisotopic (exact) mass is 359 g/mol. The van der Waals surface area contributed by atoms with Gasteiger partial charge >= 0.3 is 0 Å². The van der Waals surface area contributed by atoms with Gasteiger partial charge in [-0.1, -0.05) is 0 Å². The van der Waals surface area contributed by atoms with E-state index in [2.05, 4.69) is 37.9 Å². The molecule has 136 valence electrons. The Morgan fingerprint density at radius 3 is 2.63 bits per heavy atom. The molecule has 4 rings (SSSR count). The van der Waals surface area contributed by atoms with Crippen LogP contribution in [0.4, 0.5) is 0 Å². The molecule has 0 saturated carbocycles. The third kappa shape index (κ3) is 3.95. The summed E-state index contributed by atoms with van der Waals surface area (Å²) < 4.78 is 5.16. The summed E-state index contributed by atoms with van der Waals surface area (Å²) in [5.41, 5.74) is 5.54. The Hall–Kier alpha value is -3.28. The number of hydrogen-bond acceptors (Lipinski definition) is 5. The number of aromatic nitrogens is 5. The Bertz CT molecular complexity index is 1060. The second-order valence-corrected chi connectivity index (χ2v) is 6.61. The zero-order valence-electron chi connectivity index (χ0n) is 15.4. The average molecular weight is 359 g/mol. The highest BCUT2D eigenvalue weighted by Crippen LogP contribution is 2.20. The molecule has 0 aliphatic rings. The molecule has 4 heterocycles. The van der Waals surface area contributed by atoms with Crippen molar-refractivity contribution in [1.29, 1.82) is 0 Å². The van der Waals surface area contributed by atoms with Crippen molar-refractivity contribution < 1.29 is 4.74 Å². The SMILES string of the molecule is COc1cc(CCc2ncc(Cc3c[nH]c4ncc(C)cc34)cn2)ccn1. The van der Waals surface area contributed by atoms with Crippen LogP contribution in [0, 0.1) is 6.92 Å². The molecule has 0 atom stereocenters. The first-order chi connectivity index (χ1) is 13.2. The van der Waals surface area contributed by atoms with Gasteiger partial charge in [0.05, 0.1) is 7.11 Å². The van der Waals surface area contributed by atoms with Crippen molar-refractivity contribution in [2.75, 3.05) is 7.11 Å². The van der Waals surface area contributed by atoms with E-state index in [1.165, 1.54) is 5.56 Å². The number of ether oxygens (including phenoxy) is 1. The molecule has 0 aliphatic heterocycles. The Labute approximate surface area is 157 Å². The Balaban J connectivity index is 1.43. The van der Waals surface area contributed by atoms with Gasteiger partial charge in [-0.05, 0) is 47.7 Å². The molecule has 6 heteroatoms. The van der Waals surface area contributed by atoms with Crippen LogP contribution < -0.4 is 4.74 Å². The van der Waals surface area contributed by atoms with Gasteiger partial charge in [0.2, 0.25) is 5.88 Å². The van der Waals surface area contributed by atoms with E-state index in [1.807, 2.05) is 36.9 Å². The van der Waals surface area contributed by atoms with Crippen molar-refractivity contribution >= 4 is 11.0 Å². The molecular weight excluding hydrogens is 338 g/mol. The van der Waals surface area contributed by atoms with E-state index in [0.717, 1.165) is 52.8 Å². The van der Waals surface area contributed by atoms with Crippen LogP contribution in [0.25, 0.3) is 11.0 Å². The Kier molecular flexibility index (Phi) is 4.78. The van der Waals surface area contributed by atoms with Crippen molar-refractivity contribution in [3.05, 3.63) is 77.3 Å². The van der Waals surface area contributed by atoms with Crippen LogP contribution in [-0.2, 0) is 19.3 Å². The average Bonchev–Trinajstić information content (AvgIpc) is 3.09. The van der Waals surface area contributed by atoms with E-state index in [0.29, 0.717) is 5.88 Å². The van der Waals surface area contributed by atoms with E-state index >= 15 is 0 Å². The molecule has 0 bridgehead atoms. The minimum absolute atomic E-state index is 0.632. The zero-order valence-corrected chi connectivity index (χ0v) is 15.4. The summed E-state index contributed by atoms with van der Waals surface area (Å²) in [6, 6.07) is 6.09. The van der Waals surface area contributed by atoms with E-state index < -0.39 is 0 Å². The van der Waals surface area contributed by atoms with Crippen LogP contribution in [0.15, 0.2) is 49.2 Å². The van der Waals surface area contributed by atoms with Crippen molar-refractivity contribution in [2.45, 2.75) is 26.2 Å². The Morgan fingerprint density at radius 2 is 1.81 bits per heavy atom. The van der Waals surface area contributed by atoms with Gasteiger partial charge in [0.25, 0.3) is 0 Å². The molecule has 0 aromatic carbocycles. The quantitative estimate of drug-likeness (QED) is 0.571. The number of fused-ring (bicyclic) bond motifs is 1. The molecule has 1 N–H and O–H groups in total. The highest BCUT2D eigenvalue weighted by molar-refractivity contribution is 5.80. The van der Waals surface area contributed by atoms with Crippen molar-refractivity contribution in [2.24, 2.45) is 0 Å². The van der Waals surface area contributed by atoms with E-state index in [-0.39, 0.29) is 0 Å². The molecule has 0 unspecified atom stereocenters. The predicted octanol–water partition coefficient (Wildman–Crippen LogP) is 3.44. The molecule has 27 heavy (non-hydrogen) atoms. The number of aromatic amines is 1. The fourth-order valence-electron chi connectivity index (χ4n) is 3.10. The van der Waals surface area contributed by atoms with Gasteiger partial charge in [-0.25, -0.2) is 19.9 Å². The second-order valence-electron chi connectivity index (χ2n) is 6.61. The first kappa shape index (κ1) is 17.1. The third-order valence-electron chi connectivity index (χ3n) is 4.55. The molecule has 0 aliphatic carbocycles. The highest BCUT2D eigenvalue weighted by atomic mass is 16.5. The maximum Gasteiger partial charge on any atom is 0.213 e. The second kappa shape index (κ2) is 7.53. The third-order valence-corrected chi connectivity index (χ3v) is 4.55. The zero-order chi connectivity index (χ0) is 18.6. The molecule has 0 amide bonds. The minimum Gasteiger partial charge on any atom is -0.481 e. The molecule has 4 aromatic rings. The smallest absolute Gasteiger partial charge is 0.213 e. The van der Waals surface area contributed by atoms with Gasteiger partial charge < -0.3 is 9.72 Å². The molecule has 6 nitrogen and oxygen atoms in total. The van der Waals surface area contributed by atoms with Crippen molar-refractivity contribution in [3.8, 4) is 5.88 Å². The fourth-order valence-corrected chi connectivity index (χ4v) is 3.10. The van der Waals surface area contributed by atoms with Crippen LogP contribution in [0.3, 0.4) is 0 Å². The maximum absolute atomic E-state index is 5.16. The van der Waals surface area contributed by atoms with Gasteiger partial charge in [0, 0.05) is 55.3 Å². The van der Waals surface area contributed by atoms with Crippen LogP contribution in [0.1, 0.15) is 28.1 Å². The van der Waals surface area contributed by atoms with Crippen LogP contribution in [0.5, 0.6) is 5.88 Å². The van der Waals surface area contributed by atoms with E-state index in [1.54, 1.807) is 13.3 Å². The van der Waals surface area contributed by atoms with E-state index in [9.17, 15) is 0 Å². The summed E-state index contributed by atoms with van der Waals surface area (Å²) in [4.78, 5) is 20.8. The summed E-state index contributed by atoms with van der Waals surface area (Å²) in [7, 11) is 1.62. The lowest BCUT2D eigenvalue weighted by atomic mass is 10.1. The fraction of sp³-hybridized carbons (Fsp3) is 0.238. The number of nitrogens with zero attached hydrogens (tertiary/aromatic N) is 4. The standard InChI is InChI=1S/C21H21N5O/c1-14-7-18-17(13-26-21(18)25-10-14)8-16-11-23-19(24-12-16)4-3-15-5-6-22-20(9-15)27-2/h5-7,9-13H,3-4,8H2,1-2H3,(H,25,26). The molecule has 0 saturated heterocycles. The lowest BCUT2D eigenvalue weighted by Gasteiger charge is -2.04. The number of H-pyrrole nitrogens is 1. The number of nitrogens with one attached hydrogen (secondary N) is 1. The molecular formula is C21H21N5O. The number of aryl methyl sites for hydroxylation is 3. The lowest BCUT2D eigenvalue weighted by Crippen LogP contribution is -2.00. The Morgan fingerprint density at radius 1 is 0.963 bits per heavy atom. The number of pyridine rings is 2. The van der Waals surface area contributed by atoms with Gasteiger partial charge in [0.15, 0.2) is 0 Å². The normalized spacial score (nSPS) is 11.0. The highest BCUT2D eigenvalue weighted by Gasteiger charge is 2.07. The topological polar surface area (TPSA) is 76.6 Å². The van der Waals surface area contributed by atoms with Gasteiger partial charge in [0.1, 0.15) is 11.5 Å². The molecule has 0 spiro atoms. The minimum atomic E-state index is 0.632. The van der Waals surface area contributed by atoms with Crippen LogP contribution in [0.2, 0.25) is 0 Å². The summed E-state index contributed by atoms with van der Waals surface area (Å²) in [6.07, 6.45) is 11.9. The molecule has 4 aromatic heterocycles. The number of methoxy groups -OCH3 is 1. The summed E-state index contributed by atoms with van der Waals surface area (Å²) in [6.45, 7) is 2.06. The maximum atomic E-state index is 5.16.